The molecule has 0 aliphatic carbocycles. The zero-order chi connectivity index (χ0) is 15.4. The summed E-state index contributed by atoms with van der Waals surface area (Å²) in [5.74, 6) is 0. The van der Waals surface area contributed by atoms with Crippen molar-refractivity contribution in [2.24, 2.45) is 0 Å². The average molecular weight is 347 g/mol. The first-order valence-corrected chi connectivity index (χ1v) is 9.51. The Balaban J connectivity index is 0. The van der Waals surface area contributed by atoms with Crippen molar-refractivity contribution in [2.75, 3.05) is 0 Å². The fourth-order valence-corrected chi connectivity index (χ4v) is 3.38. The summed E-state index contributed by atoms with van der Waals surface area (Å²) in [7, 11) is -4.29. The minimum absolute atomic E-state index is 0. The average Bonchev–Trinajstić information content (AvgIpc) is 2.35. The molecule has 0 saturated heterocycles. The van der Waals surface area contributed by atoms with Gasteiger partial charge in [0.25, 0.3) is 0 Å². The zero-order valence-corrected chi connectivity index (χ0v) is 18.0. The molecule has 0 heterocycles. The Kier molecular flexibility index (Phi) is 17.8. The van der Waals surface area contributed by atoms with Gasteiger partial charge in [0.2, 0.25) is 0 Å². The molecule has 0 aromatic rings. The summed E-state index contributed by atoms with van der Waals surface area (Å²) in [4.78, 5) is 0. The number of aliphatic hydroxyl groups is 1. The van der Waals surface area contributed by atoms with Crippen molar-refractivity contribution >= 4 is 10.1 Å². The van der Waals surface area contributed by atoms with E-state index in [1.165, 1.54) is 25.7 Å². The standard InChI is InChI=1S/C15H32O4S.K/c1-3-5-6-7-8-9-10-12-15(20(17,18)19)13-14(16)11-4-2;/h14-16H,3-13H2,1-2H3,(H,17,18,19);/q;+1/p-1. The molecule has 0 aliphatic rings. The molecular weight excluding hydrogens is 315 g/mol. The van der Waals surface area contributed by atoms with E-state index in [-0.39, 0.29) is 57.8 Å². The molecule has 122 valence electrons. The topological polar surface area (TPSA) is 77.4 Å². The van der Waals surface area contributed by atoms with Crippen molar-refractivity contribution < 1.29 is 69.5 Å². The number of hydrogen-bond acceptors (Lipinski definition) is 4. The monoisotopic (exact) mass is 346 g/mol. The first-order chi connectivity index (χ1) is 9.41. The van der Waals surface area contributed by atoms with Crippen LogP contribution in [-0.2, 0) is 10.1 Å². The summed E-state index contributed by atoms with van der Waals surface area (Å²) in [5, 5.41) is 8.76. The predicted molar refractivity (Wildman–Crippen MR) is 81.6 cm³/mol. The molecule has 0 bridgehead atoms. The second-order valence-electron chi connectivity index (χ2n) is 5.70. The van der Waals surface area contributed by atoms with Gasteiger partial charge in [-0.15, -0.1) is 0 Å². The smallest absolute Gasteiger partial charge is 0.748 e. The molecule has 6 heteroatoms. The van der Waals surface area contributed by atoms with E-state index in [9.17, 15) is 18.1 Å². The Morgan fingerprint density at radius 1 is 0.905 bits per heavy atom. The van der Waals surface area contributed by atoms with Crippen LogP contribution in [0.15, 0.2) is 0 Å². The van der Waals surface area contributed by atoms with Gasteiger partial charge in [-0.2, -0.15) is 0 Å². The molecule has 1 N–H and O–H groups in total. The summed E-state index contributed by atoms with van der Waals surface area (Å²) in [6, 6.07) is 0. The predicted octanol–water partition coefficient (Wildman–Crippen LogP) is 0.596. The van der Waals surface area contributed by atoms with Crippen molar-refractivity contribution in [1.82, 2.24) is 0 Å². The van der Waals surface area contributed by atoms with E-state index in [4.69, 9.17) is 0 Å². The summed E-state index contributed by atoms with van der Waals surface area (Å²) in [5.41, 5.74) is 0. The van der Waals surface area contributed by atoms with Crippen LogP contribution in [-0.4, -0.2) is 29.4 Å². The maximum Gasteiger partial charge on any atom is 1.00 e. The van der Waals surface area contributed by atoms with Gasteiger partial charge in [-0.3, -0.25) is 0 Å². The van der Waals surface area contributed by atoms with E-state index in [1.807, 2.05) is 6.92 Å². The number of aliphatic hydroxyl groups excluding tert-OH is 1. The minimum atomic E-state index is -4.29. The summed E-state index contributed by atoms with van der Waals surface area (Å²) in [6.45, 7) is 4.10. The Hall–Kier alpha value is 1.51. The largest absolute Gasteiger partial charge is 1.00 e. The first-order valence-electron chi connectivity index (χ1n) is 8.04. The number of rotatable bonds is 13. The molecule has 21 heavy (non-hydrogen) atoms. The molecule has 0 saturated carbocycles. The van der Waals surface area contributed by atoms with Crippen molar-refractivity contribution in [2.45, 2.75) is 95.8 Å². The summed E-state index contributed by atoms with van der Waals surface area (Å²) in [6.07, 6.45) is 8.88. The van der Waals surface area contributed by atoms with Crippen LogP contribution in [0.4, 0.5) is 0 Å². The number of hydrogen-bond donors (Lipinski definition) is 1. The second kappa shape index (κ2) is 15.1. The Bertz CT molecular complexity index is 320. The van der Waals surface area contributed by atoms with E-state index in [0.29, 0.717) is 12.8 Å². The Morgan fingerprint density at radius 2 is 1.43 bits per heavy atom. The van der Waals surface area contributed by atoms with E-state index < -0.39 is 21.5 Å². The fourth-order valence-electron chi connectivity index (χ4n) is 2.46. The van der Waals surface area contributed by atoms with E-state index in [2.05, 4.69) is 6.92 Å². The van der Waals surface area contributed by atoms with Crippen molar-refractivity contribution in [1.29, 1.82) is 0 Å². The molecule has 2 atom stereocenters. The third kappa shape index (κ3) is 14.8. The fraction of sp³-hybridized carbons (Fsp3) is 1.00. The van der Waals surface area contributed by atoms with Gasteiger partial charge in [-0.1, -0.05) is 65.2 Å². The summed E-state index contributed by atoms with van der Waals surface area (Å²) >= 11 is 0. The molecule has 0 aromatic carbocycles. The van der Waals surface area contributed by atoms with E-state index in [0.717, 1.165) is 25.7 Å². The third-order valence-corrected chi connectivity index (χ3v) is 4.94. The zero-order valence-electron chi connectivity index (χ0n) is 14.0. The van der Waals surface area contributed by atoms with Crippen LogP contribution in [0.25, 0.3) is 0 Å². The van der Waals surface area contributed by atoms with Crippen LogP contribution < -0.4 is 51.4 Å². The minimum Gasteiger partial charge on any atom is -0.748 e. The SMILES string of the molecule is CCCCCCCCCC(CC(O)CCC)S(=O)(=O)[O-].[K+]. The molecule has 0 aliphatic heterocycles. The quantitative estimate of drug-likeness (QED) is 0.301. The van der Waals surface area contributed by atoms with Crippen LogP contribution in [0.1, 0.15) is 84.5 Å². The summed E-state index contributed by atoms with van der Waals surface area (Å²) < 4.78 is 33.6. The molecule has 0 rings (SSSR count). The maximum atomic E-state index is 11.2. The van der Waals surface area contributed by atoms with Gasteiger partial charge in [0.15, 0.2) is 0 Å². The Morgan fingerprint density at radius 3 is 1.90 bits per heavy atom. The second-order valence-corrected chi connectivity index (χ2v) is 7.36. The molecule has 0 fully saturated rings. The van der Waals surface area contributed by atoms with Gasteiger partial charge >= 0.3 is 51.4 Å². The van der Waals surface area contributed by atoms with E-state index in [1.54, 1.807) is 0 Å². The van der Waals surface area contributed by atoms with Crippen molar-refractivity contribution in [3.05, 3.63) is 0 Å². The number of unbranched alkanes of at least 4 members (excludes halogenated alkanes) is 6. The molecular formula is C15H31KO4S. The van der Waals surface area contributed by atoms with Gasteiger partial charge < -0.3 is 9.66 Å². The first kappa shape index (κ1) is 24.8. The van der Waals surface area contributed by atoms with Crippen LogP contribution in [0.5, 0.6) is 0 Å². The van der Waals surface area contributed by atoms with Crippen molar-refractivity contribution in [3.63, 3.8) is 0 Å². The van der Waals surface area contributed by atoms with Crippen molar-refractivity contribution in [3.8, 4) is 0 Å². The van der Waals surface area contributed by atoms with Crippen LogP contribution in [0, 0.1) is 0 Å². The molecule has 0 radical (unpaired) electrons. The van der Waals surface area contributed by atoms with Gasteiger partial charge in [-0.25, -0.2) is 8.42 Å². The van der Waals surface area contributed by atoms with Gasteiger partial charge in [0.1, 0.15) is 0 Å². The Labute approximate surface area is 173 Å². The molecule has 2 unspecified atom stereocenters. The van der Waals surface area contributed by atoms with Crippen LogP contribution >= 0.6 is 0 Å². The molecule has 4 nitrogen and oxygen atoms in total. The van der Waals surface area contributed by atoms with Crippen LogP contribution in [0.2, 0.25) is 0 Å². The van der Waals surface area contributed by atoms with Gasteiger partial charge in [0, 0.05) is 0 Å². The molecule has 0 aromatic heterocycles. The third-order valence-electron chi connectivity index (χ3n) is 3.69. The van der Waals surface area contributed by atoms with Crippen LogP contribution in [0.3, 0.4) is 0 Å². The maximum absolute atomic E-state index is 11.2. The van der Waals surface area contributed by atoms with E-state index >= 15 is 0 Å². The van der Waals surface area contributed by atoms with Gasteiger partial charge in [-0.05, 0) is 19.3 Å². The molecule has 0 spiro atoms. The van der Waals surface area contributed by atoms with Gasteiger partial charge in [0.05, 0.1) is 21.5 Å². The normalized spacial score (nSPS) is 14.5. The molecule has 0 amide bonds.